The highest BCUT2D eigenvalue weighted by Gasteiger charge is 2.17. The number of hydrogen-bond donors (Lipinski definition) is 1. The van der Waals surface area contributed by atoms with Crippen LogP contribution in [0, 0.1) is 0 Å². The molecule has 0 fully saturated rings. The number of aromatic amines is 1. The first-order valence-electron chi connectivity index (χ1n) is 6.25. The lowest BCUT2D eigenvalue weighted by Crippen LogP contribution is -2.11. The van der Waals surface area contributed by atoms with Gasteiger partial charge in [0.15, 0.2) is 0 Å². The Morgan fingerprint density at radius 1 is 1.30 bits per heavy atom. The van der Waals surface area contributed by atoms with Gasteiger partial charge in [0, 0.05) is 10.5 Å². The summed E-state index contributed by atoms with van der Waals surface area (Å²) in [5.74, 6) is 1.11. The van der Waals surface area contributed by atoms with Gasteiger partial charge in [0.25, 0.3) is 0 Å². The molecule has 1 aromatic carbocycles. The van der Waals surface area contributed by atoms with Crippen LogP contribution in [0.5, 0.6) is 5.75 Å². The fourth-order valence-electron chi connectivity index (χ4n) is 1.92. The number of H-pyrrole nitrogens is 1. The number of rotatable bonds is 3. The van der Waals surface area contributed by atoms with Gasteiger partial charge in [0.1, 0.15) is 11.6 Å². The third kappa shape index (κ3) is 2.75. The SMILES string of the molecule is COc1ccc(C(C)(C)C)cc1-c1cc(N=[N+]=[N-])[nH]n1. The van der Waals surface area contributed by atoms with Crippen molar-refractivity contribution in [1.29, 1.82) is 0 Å². The largest absolute Gasteiger partial charge is 0.496 e. The van der Waals surface area contributed by atoms with Crippen LogP contribution in [0.2, 0.25) is 0 Å². The summed E-state index contributed by atoms with van der Waals surface area (Å²) in [6.07, 6.45) is 0. The highest BCUT2D eigenvalue weighted by atomic mass is 16.5. The van der Waals surface area contributed by atoms with Crippen LogP contribution < -0.4 is 4.74 Å². The summed E-state index contributed by atoms with van der Waals surface area (Å²) < 4.78 is 5.38. The maximum absolute atomic E-state index is 8.44. The molecule has 0 saturated heterocycles. The van der Waals surface area contributed by atoms with Crippen molar-refractivity contribution in [2.75, 3.05) is 7.11 Å². The van der Waals surface area contributed by atoms with Gasteiger partial charge in [-0.2, -0.15) is 5.10 Å². The first-order valence-corrected chi connectivity index (χ1v) is 6.25. The second-order valence-corrected chi connectivity index (χ2v) is 5.49. The van der Waals surface area contributed by atoms with Crippen molar-refractivity contribution in [3.63, 3.8) is 0 Å². The van der Waals surface area contributed by atoms with Crippen LogP contribution in [0.1, 0.15) is 26.3 Å². The summed E-state index contributed by atoms with van der Waals surface area (Å²) in [7, 11) is 1.62. The Bertz CT molecular complexity index is 662. The summed E-state index contributed by atoms with van der Waals surface area (Å²) in [5.41, 5.74) is 11.2. The molecule has 6 nitrogen and oxygen atoms in total. The number of methoxy groups -OCH3 is 1. The molecule has 2 aromatic rings. The smallest absolute Gasteiger partial charge is 0.128 e. The van der Waals surface area contributed by atoms with Crippen molar-refractivity contribution in [3.8, 4) is 17.0 Å². The summed E-state index contributed by atoms with van der Waals surface area (Å²) in [6.45, 7) is 6.44. The molecule has 0 aliphatic heterocycles. The Morgan fingerprint density at radius 2 is 2.05 bits per heavy atom. The molecular formula is C14H17N5O. The van der Waals surface area contributed by atoms with E-state index in [1.807, 2.05) is 12.1 Å². The van der Waals surface area contributed by atoms with E-state index in [1.165, 1.54) is 5.56 Å². The van der Waals surface area contributed by atoms with E-state index >= 15 is 0 Å². The monoisotopic (exact) mass is 271 g/mol. The second-order valence-electron chi connectivity index (χ2n) is 5.49. The van der Waals surface area contributed by atoms with Crippen LogP contribution >= 0.6 is 0 Å². The Kier molecular flexibility index (Phi) is 3.68. The van der Waals surface area contributed by atoms with Gasteiger partial charge in [0.2, 0.25) is 0 Å². The predicted molar refractivity (Wildman–Crippen MR) is 78.1 cm³/mol. The maximum atomic E-state index is 8.44. The lowest BCUT2D eigenvalue weighted by atomic mass is 9.85. The van der Waals surface area contributed by atoms with Gasteiger partial charge >= 0.3 is 0 Å². The van der Waals surface area contributed by atoms with Crippen LogP contribution in [-0.2, 0) is 5.41 Å². The molecule has 104 valence electrons. The van der Waals surface area contributed by atoms with Gasteiger partial charge in [0.05, 0.1) is 12.8 Å². The zero-order valence-electron chi connectivity index (χ0n) is 12.0. The van der Waals surface area contributed by atoms with Crippen LogP contribution in [0.15, 0.2) is 29.4 Å². The molecule has 2 rings (SSSR count). The van der Waals surface area contributed by atoms with Crippen LogP contribution in [0.3, 0.4) is 0 Å². The second kappa shape index (κ2) is 5.27. The predicted octanol–water partition coefficient (Wildman–Crippen LogP) is 4.32. The van der Waals surface area contributed by atoms with Crippen LogP contribution in [0.4, 0.5) is 5.82 Å². The third-order valence-corrected chi connectivity index (χ3v) is 3.06. The van der Waals surface area contributed by atoms with Crippen molar-refractivity contribution in [3.05, 3.63) is 40.3 Å². The van der Waals surface area contributed by atoms with Gasteiger partial charge < -0.3 is 4.74 Å². The van der Waals surface area contributed by atoms with Gasteiger partial charge in [-0.15, -0.1) is 0 Å². The van der Waals surface area contributed by atoms with Gasteiger partial charge in [-0.25, -0.2) is 0 Å². The molecule has 0 unspecified atom stereocenters. The van der Waals surface area contributed by atoms with Crippen LogP contribution in [-0.4, -0.2) is 17.3 Å². The average Bonchev–Trinajstić information content (AvgIpc) is 2.86. The normalized spacial score (nSPS) is 11.0. The van der Waals surface area contributed by atoms with Crippen LogP contribution in [0.25, 0.3) is 21.7 Å². The van der Waals surface area contributed by atoms with Gasteiger partial charge in [-0.1, -0.05) is 26.8 Å². The van der Waals surface area contributed by atoms with E-state index in [4.69, 9.17) is 10.3 Å². The Morgan fingerprint density at radius 3 is 2.65 bits per heavy atom. The molecule has 6 heteroatoms. The highest BCUT2D eigenvalue weighted by molar-refractivity contribution is 5.70. The lowest BCUT2D eigenvalue weighted by Gasteiger charge is -2.20. The van der Waals surface area contributed by atoms with E-state index in [-0.39, 0.29) is 5.41 Å². The summed E-state index contributed by atoms with van der Waals surface area (Å²) in [6, 6.07) is 7.72. The Hall–Kier alpha value is -2.46. The van der Waals surface area contributed by atoms with Crippen molar-refractivity contribution in [1.82, 2.24) is 10.2 Å². The number of benzene rings is 1. The zero-order chi connectivity index (χ0) is 14.8. The molecule has 1 aromatic heterocycles. The van der Waals surface area contributed by atoms with E-state index in [2.05, 4.69) is 47.1 Å². The minimum atomic E-state index is 0.0327. The lowest BCUT2D eigenvalue weighted by molar-refractivity contribution is 0.415. The van der Waals surface area contributed by atoms with E-state index in [9.17, 15) is 0 Å². The zero-order valence-corrected chi connectivity index (χ0v) is 12.0. The summed E-state index contributed by atoms with van der Waals surface area (Å²) >= 11 is 0. The quantitative estimate of drug-likeness (QED) is 0.511. The fraction of sp³-hybridized carbons (Fsp3) is 0.357. The van der Waals surface area contributed by atoms with Gasteiger partial charge in [-0.05, 0) is 39.8 Å². The Balaban J connectivity index is 2.54. The molecule has 0 saturated carbocycles. The fourth-order valence-corrected chi connectivity index (χ4v) is 1.92. The third-order valence-electron chi connectivity index (χ3n) is 3.06. The molecule has 0 aliphatic rings. The molecule has 0 spiro atoms. The summed E-state index contributed by atoms with van der Waals surface area (Å²) in [5, 5.41) is 10.4. The summed E-state index contributed by atoms with van der Waals surface area (Å²) in [4.78, 5) is 2.73. The molecule has 20 heavy (non-hydrogen) atoms. The molecule has 1 heterocycles. The van der Waals surface area contributed by atoms with E-state index in [0.29, 0.717) is 11.5 Å². The first-order chi connectivity index (χ1) is 9.45. The minimum absolute atomic E-state index is 0.0327. The molecule has 0 bridgehead atoms. The first kappa shape index (κ1) is 14.0. The van der Waals surface area contributed by atoms with E-state index in [1.54, 1.807) is 13.2 Å². The number of hydrogen-bond acceptors (Lipinski definition) is 3. The standard InChI is InChI=1S/C14H17N5O/c1-14(2,3)9-5-6-12(20-4)10(7-9)11-8-13(17-16-11)18-19-15/h5-8H,1-4H3,(H,16,17). The number of nitrogens with zero attached hydrogens (tertiary/aromatic N) is 4. The molecule has 0 amide bonds. The van der Waals surface area contributed by atoms with E-state index in [0.717, 1.165) is 11.3 Å². The topological polar surface area (TPSA) is 86.7 Å². The van der Waals surface area contributed by atoms with Crippen molar-refractivity contribution < 1.29 is 4.74 Å². The number of aromatic nitrogens is 2. The molecule has 0 atom stereocenters. The molecule has 0 aliphatic carbocycles. The number of ether oxygens (including phenoxy) is 1. The van der Waals surface area contributed by atoms with Crippen molar-refractivity contribution in [2.24, 2.45) is 5.11 Å². The van der Waals surface area contributed by atoms with Crippen molar-refractivity contribution >= 4 is 5.82 Å². The molecule has 0 radical (unpaired) electrons. The van der Waals surface area contributed by atoms with Crippen molar-refractivity contribution in [2.45, 2.75) is 26.2 Å². The van der Waals surface area contributed by atoms with Gasteiger partial charge in [-0.3, -0.25) is 5.10 Å². The highest BCUT2D eigenvalue weighted by Crippen LogP contribution is 2.34. The molecule has 1 N–H and O–H groups in total. The number of azide groups is 1. The number of nitrogens with one attached hydrogen (secondary N) is 1. The maximum Gasteiger partial charge on any atom is 0.128 e. The minimum Gasteiger partial charge on any atom is -0.496 e. The average molecular weight is 271 g/mol. The Labute approximate surface area is 117 Å². The molecular weight excluding hydrogens is 254 g/mol. The van der Waals surface area contributed by atoms with E-state index < -0.39 is 0 Å².